The SMILES string of the molecule is [C-]#[N+]c1ccc(-c2cc(-n3c4ccc(-c5ccccc5)cc4c4cc(-c5ccccc5)ccc43)ccc2-c2nc(-c3ccc(-c4cccc(C#N)c4)cc3)nc(-c3ccc(-n4c5ccc(-c6ccccc6)cc5c5cc(-c6ccccc6)ccc54)cc3-c3ccc(C#N)cc3)n2)cc1. The molecule has 0 spiro atoms. The molecule has 0 aliphatic heterocycles. The lowest BCUT2D eigenvalue weighted by Crippen LogP contribution is -2.03. The molecule has 0 saturated heterocycles. The van der Waals surface area contributed by atoms with E-state index in [9.17, 15) is 10.5 Å². The van der Waals surface area contributed by atoms with Crippen LogP contribution in [0.15, 0.2) is 328 Å². The molecule has 8 heteroatoms. The van der Waals surface area contributed by atoms with Crippen LogP contribution in [0.3, 0.4) is 0 Å². The van der Waals surface area contributed by atoms with E-state index in [-0.39, 0.29) is 0 Å². The first-order valence-electron chi connectivity index (χ1n) is 32.4. The van der Waals surface area contributed by atoms with E-state index in [0.29, 0.717) is 34.3 Å². The van der Waals surface area contributed by atoms with Gasteiger partial charge >= 0.3 is 0 Å². The van der Waals surface area contributed by atoms with E-state index in [1.54, 1.807) is 0 Å². The summed E-state index contributed by atoms with van der Waals surface area (Å²) in [7, 11) is 0. The number of nitrogens with zero attached hydrogens (tertiary/aromatic N) is 8. The predicted octanol–water partition coefficient (Wildman–Crippen LogP) is 23.0. The highest BCUT2D eigenvalue weighted by atomic mass is 15.0. The number of rotatable bonds is 12. The normalized spacial score (nSPS) is 11.2. The van der Waals surface area contributed by atoms with Gasteiger partial charge in [0.15, 0.2) is 23.2 Å². The topological polar surface area (TPSA) is 100 Å². The molecule has 8 nitrogen and oxygen atoms in total. The van der Waals surface area contributed by atoms with Gasteiger partial charge < -0.3 is 9.13 Å². The second-order valence-electron chi connectivity index (χ2n) is 24.4. The van der Waals surface area contributed by atoms with Crippen LogP contribution in [0.4, 0.5) is 5.69 Å². The molecule has 0 aliphatic rings. The summed E-state index contributed by atoms with van der Waals surface area (Å²) < 4.78 is 4.69. The van der Waals surface area contributed by atoms with Crippen LogP contribution in [0.2, 0.25) is 0 Å². The highest BCUT2D eigenvalue weighted by molar-refractivity contribution is 6.13. The first-order chi connectivity index (χ1) is 48.4. The smallest absolute Gasteiger partial charge is 0.187 e. The molecule has 98 heavy (non-hydrogen) atoms. The van der Waals surface area contributed by atoms with Crippen molar-refractivity contribution in [3.63, 3.8) is 0 Å². The monoisotopic (exact) mass is 1250 g/mol. The second kappa shape index (κ2) is 24.6. The summed E-state index contributed by atoms with van der Waals surface area (Å²) in [6.07, 6.45) is 0. The Morgan fingerprint density at radius 1 is 0.255 bits per heavy atom. The minimum Gasteiger partial charge on any atom is -0.309 e. The van der Waals surface area contributed by atoms with Crippen molar-refractivity contribution in [3.05, 3.63) is 350 Å². The third-order valence-electron chi connectivity index (χ3n) is 18.7. The highest BCUT2D eigenvalue weighted by Gasteiger charge is 2.24. The Morgan fingerprint density at radius 3 is 0.969 bits per heavy atom. The van der Waals surface area contributed by atoms with Crippen molar-refractivity contribution < 1.29 is 0 Å². The predicted molar refractivity (Wildman–Crippen MR) is 399 cm³/mol. The number of hydrogen-bond donors (Lipinski definition) is 0. The number of aromatic nitrogens is 5. The average molecular weight is 1250 g/mol. The van der Waals surface area contributed by atoms with E-state index in [0.717, 1.165) is 150 Å². The molecular formula is C90H54N8. The Balaban J connectivity index is 0.886. The third-order valence-corrected chi connectivity index (χ3v) is 18.7. The fraction of sp³-hybridized carbons (Fsp3) is 0. The molecule has 0 atom stereocenters. The molecule has 14 aromatic carbocycles. The first kappa shape index (κ1) is 58.0. The summed E-state index contributed by atoms with van der Waals surface area (Å²) in [4.78, 5) is 20.3. The van der Waals surface area contributed by atoms with Crippen molar-refractivity contribution in [3.8, 4) is 136 Å². The second-order valence-corrected chi connectivity index (χ2v) is 24.4. The quantitative estimate of drug-likeness (QED) is 0.113. The van der Waals surface area contributed by atoms with Crippen LogP contribution in [-0.4, -0.2) is 24.1 Å². The van der Waals surface area contributed by atoms with Crippen LogP contribution in [0.25, 0.3) is 172 Å². The summed E-state index contributed by atoms with van der Waals surface area (Å²) in [6, 6.07) is 118. The van der Waals surface area contributed by atoms with Crippen LogP contribution < -0.4 is 0 Å². The summed E-state index contributed by atoms with van der Waals surface area (Å²) in [5.41, 5.74) is 24.3. The number of hydrogen-bond acceptors (Lipinski definition) is 5. The minimum absolute atomic E-state index is 0.438. The van der Waals surface area contributed by atoms with Gasteiger partial charge in [0.1, 0.15) is 0 Å². The van der Waals surface area contributed by atoms with E-state index in [4.69, 9.17) is 21.5 Å². The standard InChI is InChI=1S/C90H54N8/c1-93-73-39-33-66(34-40-73)79-55-75(98-86-47-37-71(62-20-10-4-11-21-62)52-82(86)83-53-72(38-48-87(83)98)63-22-12-5-13-23-63)42-44-77(79)90-95-88(67-31-29-64(30-32-67)68-24-14-15-59(49-68)57-92)94-89(96-90)76-43-41-74(54-78(76)65-27-25-58(56-91)26-28-65)97-84-45-35-69(60-16-6-2-7-17-60)50-80(84)81-51-70(36-46-85(81)97)61-18-8-3-9-19-61/h2-55H. The molecule has 3 heterocycles. The average Bonchev–Trinajstić information content (AvgIpc) is 1.63. The maximum absolute atomic E-state index is 10.2. The lowest BCUT2D eigenvalue weighted by atomic mass is 9.96. The van der Waals surface area contributed by atoms with Crippen molar-refractivity contribution >= 4 is 49.3 Å². The van der Waals surface area contributed by atoms with Gasteiger partial charge in [-0.15, -0.1) is 0 Å². The van der Waals surface area contributed by atoms with E-state index in [2.05, 4.69) is 232 Å². The van der Waals surface area contributed by atoms with Gasteiger partial charge in [-0.1, -0.05) is 218 Å². The van der Waals surface area contributed by atoms with Gasteiger partial charge in [0.05, 0.1) is 51.9 Å². The first-order valence-corrected chi connectivity index (χ1v) is 32.4. The third kappa shape index (κ3) is 10.6. The maximum atomic E-state index is 10.2. The zero-order valence-corrected chi connectivity index (χ0v) is 52.8. The van der Waals surface area contributed by atoms with Crippen molar-refractivity contribution in [2.24, 2.45) is 0 Å². The van der Waals surface area contributed by atoms with Crippen LogP contribution in [0, 0.1) is 29.2 Å². The van der Waals surface area contributed by atoms with E-state index in [1.165, 1.54) is 0 Å². The van der Waals surface area contributed by atoms with Gasteiger partial charge in [-0.25, -0.2) is 19.8 Å². The maximum Gasteiger partial charge on any atom is 0.187 e. The lowest BCUT2D eigenvalue weighted by Gasteiger charge is -2.17. The molecule has 0 bridgehead atoms. The molecule has 0 saturated carbocycles. The Labute approximate surface area is 566 Å². The fourth-order valence-electron chi connectivity index (χ4n) is 13.8. The molecule has 0 radical (unpaired) electrons. The van der Waals surface area contributed by atoms with Crippen LogP contribution in [-0.2, 0) is 0 Å². The van der Waals surface area contributed by atoms with Crippen LogP contribution in [0.1, 0.15) is 11.1 Å². The lowest BCUT2D eigenvalue weighted by molar-refractivity contribution is 1.07. The molecule has 454 valence electrons. The molecule has 0 amide bonds. The van der Waals surface area contributed by atoms with Crippen molar-refractivity contribution in [1.29, 1.82) is 10.5 Å². The molecular weight excluding hydrogens is 1190 g/mol. The van der Waals surface area contributed by atoms with Gasteiger partial charge in [-0.2, -0.15) is 10.5 Å². The van der Waals surface area contributed by atoms with E-state index >= 15 is 0 Å². The van der Waals surface area contributed by atoms with Crippen molar-refractivity contribution in [2.45, 2.75) is 0 Å². The molecule has 17 aromatic rings. The highest BCUT2D eigenvalue weighted by Crippen LogP contribution is 2.44. The number of fused-ring (bicyclic) bond motifs is 6. The van der Waals surface area contributed by atoms with Gasteiger partial charge in [-0.3, -0.25) is 0 Å². The fourth-order valence-corrected chi connectivity index (χ4v) is 13.8. The van der Waals surface area contributed by atoms with Gasteiger partial charge in [0.25, 0.3) is 0 Å². The summed E-state index contributed by atoms with van der Waals surface area (Å²) in [6.45, 7) is 7.97. The zero-order chi connectivity index (χ0) is 65.6. The molecule has 0 aliphatic carbocycles. The number of nitriles is 2. The Morgan fingerprint density at radius 2 is 0.582 bits per heavy atom. The molecule has 0 unspecified atom stereocenters. The largest absolute Gasteiger partial charge is 0.309 e. The Kier molecular flexibility index (Phi) is 14.5. The summed E-state index contributed by atoms with van der Waals surface area (Å²) in [5, 5.41) is 24.5. The van der Waals surface area contributed by atoms with Gasteiger partial charge in [-0.05, 0) is 187 Å². The molecule has 3 aromatic heterocycles. The molecule has 0 N–H and O–H groups in total. The Hall–Kier alpha value is -13.8. The number of benzene rings is 14. The van der Waals surface area contributed by atoms with Crippen LogP contribution in [0.5, 0.6) is 0 Å². The zero-order valence-electron chi connectivity index (χ0n) is 52.8. The van der Waals surface area contributed by atoms with Crippen LogP contribution >= 0.6 is 0 Å². The summed E-state index contributed by atoms with van der Waals surface area (Å²) in [5.74, 6) is 1.33. The van der Waals surface area contributed by atoms with Gasteiger partial charge in [0.2, 0.25) is 0 Å². The van der Waals surface area contributed by atoms with E-state index in [1.807, 2.05) is 121 Å². The van der Waals surface area contributed by atoms with E-state index < -0.39 is 0 Å². The van der Waals surface area contributed by atoms with Crippen molar-refractivity contribution in [1.82, 2.24) is 24.1 Å². The van der Waals surface area contributed by atoms with Gasteiger partial charge in [0, 0.05) is 49.6 Å². The minimum atomic E-state index is 0.438. The molecule has 17 rings (SSSR count). The van der Waals surface area contributed by atoms with Crippen molar-refractivity contribution in [2.75, 3.05) is 0 Å². The summed E-state index contributed by atoms with van der Waals surface area (Å²) >= 11 is 0. The Bertz CT molecular complexity index is 5580. The molecule has 0 fully saturated rings.